The molecule has 1 unspecified atom stereocenters. The number of benzene rings is 1. The van der Waals surface area contributed by atoms with Crippen molar-refractivity contribution >= 4 is 5.97 Å². The molecule has 1 atom stereocenters. The lowest BCUT2D eigenvalue weighted by atomic mass is 10.1. The first-order chi connectivity index (χ1) is 10.2. The Hall–Kier alpha value is -1.39. The molecule has 0 aliphatic carbocycles. The van der Waals surface area contributed by atoms with E-state index in [1.54, 1.807) is 0 Å². The summed E-state index contributed by atoms with van der Waals surface area (Å²) in [4.78, 5) is 14.0. The zero-order chi connectivity index (χ0) is 15.7. The molecule has 0 amide bonds. The second kappa shape index (κ2) is 9.53. The molecule has 1 aromatic rings. The Morgan fingerprint density at radius 2 is 1.81 bits per heavy atom. The van der Waals surface area contributed by atoms with Gasteiger partial charge in [0.05, 0.1) is 7.11 Å². The van der Waals surface area contributed by atoms with Crippen LogP contribution in [0.5, 0.6) is 0 Å². The molecule has 0 aliphatic heterocycles. The number of methoxy groups -OCH3 is 1. The normalized spacial score (nSPS) is 12.4. The molecule has 0 aliphatic rings. The molecule has 4 heteroatoms. The molecule has 1 aromatic carbocycles. The molecule has 118 valence electrons. The van der Waals surface area contributed by atoms with Crippen molar-refractivity contribution in [1.82, 2.24) is 10.2 Å². The lowest BCUT2D eigenvalue weighted by Gasteiger charge is -2.21. The maximum Gasteiger partial charge on any atom is 0.322 e. The number of rotatable bonds is 9. The molecule has 4 nitrogen and oxygen atoms in total. The molecular formula is C17H28N2O2. The third-order valence-corrected chi connectivity index (χ3v) is 3.84. The highest BCUT2D eigenvalue weighted by molar-refractivity contribution is 5.75. The maximum atomic E-state index is 11.6. The van der Waals surface area contributed by atoms with Crippen molar-refractivity contribution in [3.8, 4) is 0 Å². The second-order valence-corrected chi connectivity index (χ2v) is 5.09. The minimum Gasteiger partial charge on any atom is -0.468 e. The molecule has 21 heavy (non-hydrogen) atoms. The highest BCUT2D eigenvalue weighted by Gasteiger charge is 2.16. The SMILES string of the molecule is CCC(NCc1ccccc1CN(CC)CC)C(=O)OC. The molecule has 1 N–H and O–H groups in total. The van der Waals surface area contributed by atoms with Gasteiger partial charge in [-0.25, -0.2) is 0 Å². The van der Waals surface area contributed by atoms with Gasteiger partial charge in [0.25, 0.3) is 0 Å². The first-order valence-corrected chi connectivity index (χ1v) is 7.76. The first-order valence-electron chi connectivity index (χ1n) is 7.76. The van der Waals surface area contributed by atoms with Crippen LogP contribution in [0.25, 0.3) is 0 Å². The van der Waals surface area contributed by atoms with Crippen molar-refractivity contribution in [1.29, 1.82) is 0 Å². The monoisotopic (exact) mass is 292 g/mol. The zero-order valence-electron chi connectivity index (χ0n) is 13.7. The predicted molar refractivity (Wildman–Crippen MR) is 86.0 cm³/mol. The number of hydrogen-bond donors (Lipinski definition) is 1. The molecule has 0 heterocycles. The number of nitrogens with zero attached hydrogens (tertiary/aromatic N) is 1. The molecular weight excluding hydrogens is 264 g/mol. The van der Waals surface area contributed by atoms with Gasteiger partial charge in [0.1, 0.15) is 6.04 Å². The third kappa shape index (κ3) is 5.48. The Balaban J connectivity index is 2.72. The van der Waals surface area contributed by atoms with Crippen LogP contribution in [0.2, 0.25) is 0 Å². The summed E-state index contributed by atoms with van der Waals surface area (Å²) in [6.07, 6.45) is 0.727. The van der Waals surface area contributed by atoms with E-state index in [2.05, 4.69) is 42.3 Å². The van der Waals surface area contributed by atoms with Gasteiger partial charge < -0.3 is 10.1 Å². The van der Waals surface area contributed by atoms with Gasteiger partial charge in [-0.05, 0) is 30.6 Å². The van der Waals surface area contributed by atoms with Crippen molar-refractivity contribution in [2.75, 3.05) is 20.2 Å². The van der Waals surface area contributed by atoms with Gasteiger partial charge >= 0.3 is 5.97 Å². The molecule has 0 spiro atoms. The topological polar surface area (TPSA) is 41.6 Å². The summed E-state index contributed by atoms with van der Waals surface area (Å²) in [5, 5.41) is 3.29. The summed E-state index contributed by atoms with van der Waals surface area (Å²) in [6, 6.07) is 8.16. The summed E-state index contributed by atoms with van der Waals surface area (Å²) >= 11 is 0. The molecule has 0 saturated heterocycles. The van der Waals surface area contributed by atoms with E-state index in [1.807, 2.05) is 13.0 Å². The standard InChI is InChI=1S/C17H28N2O2/c1-5-16(17(20)21-4)18-12-14-10-8-9-11-15(14)13-19(6-2)7-3/h8-11,16,18H,5-7,12-13H2,1-4H3. The minimum atomic E-state index is -0.239. The van der Waals surface area contributed by atoms with E-state index >= 15 is 0 Å². The number of nitrogens with one attached hydrogen (secondary N) is 1. The highest BCUT2D eigenvalue weighted by Crippen LogP contribution is 2.12. The summed E-state index contributed by atoms with van der Waals surface area (Å²) in [7, 11) is 1.43. The Morgan fingerprint density at radius 1 is 1.19 bits per heavy atom. The smallest absolute Gasteiger partial charge is 0.322 e. The van der Waals surface area contributed by atoms with Crippen LogP contribution < -0.4 is 5.32 Å². The Kier molecular flexibility index (Phi) is 8.01. The fourth-order valence-electron chi connectivity index (χ4n) is 2.34. The second-order valence-electron chi connectivity index (χ2n) is 5.09. The van der Waals surface area contributed by atoms with Crippen LogP contribution in [0, 0.1) is 0 Å². The quantitative estimate of drug-likeness (QED) is 0.710. The number of esters is 1. The van der Waals surface area contributed by atoms with Crippen LogP contribution in [0.3, 0.4) is 0 Å². The van der Waals surface area contributed by atoms with E-state index in [0.29, 0.717) is 6.54 Å². The largest absolute Gasteiger partial charge is 0.468 e. The number of carbonyl (C=O) groups is 1. The first kappa shape index (κ1) is 17.7. The molecule has 0 saturated carbocycles. The summed E-state index contributed by atoms with van der Waals surface area (Å²) in [5.41, 5.74) is 2.56. The van der Waals surface area contributed by atoms with Gasteiger partial charge in [-0.15, -0.1) is 0 Å². The molecule has 0 fully saturated rings. The molecule has 0 radical (unpaired) electrons. The van der Waals surface area contributed by atoms with Crippen LogP contribution in [0.15, 0.2) is 24.3 Å². The van der Waals surface area contributed by atoms with Crippen LogP contribution in [-0.2, 0) is 22.6 Å². The zero-order valence-corrected chi connectivity index (χ0v) is 13.7. The fourth-order valence-corrected chi connectivity index (χ4v) is 2.34. The average molecular weight is 292 g/mol. The average Bonchev–Trinajstić information content (AvgIpc) is 2.53. The predicted octanol–water partition coefficient (Wildman–Crippen LogP) is 2.57. The van der Waals surface area contributed by atoms with E-state index in [9.17, 15) is 4.79 Å². The van der Waals surface area contributed by atoms with Crippen LogP contribution >= 0.6 is 0 Å². The minimum absolute atomic E-state index is 0.196. The van der Waals surface area contributed by atoms with Crippen molar-refractivity contribution in [3.05, 3.63) is 35.4 Å². The lowest BCUT2D eigenvalue weighted by Crippen LogP contribution is -2.36. The van der Waals surface area contributed by atoms with E-state index in [4.69, 9.17) is 4.74 Å². The van der Waals surface area contributed by atoms with Gasteiger partial charge in [-0.3, -0.25) is 9.69 Å². The van der Waals surface area contributed by atoms with Crippen molar-refractivity contribution in [3.63, 3.8) is 0 Å². The summed E-state index contributed by atoms with van der Waals surface area (Å²) in [6.45, 7) is 10.0. The fraction of sp³-hybridized carbons (Fsp3) is 0.588. The van der Waals surface area contributed by atoms with Crippen LogP contribution in [-0.4, -0.2) is 37.1 Å². The van der Waals surface area contributed by atoms with Crippen molar-refractivity contribution in [2.45, 2.75) is 46.3 Å². The number of ether oxygens (including phenoxy) is 1. The molecule has 0 aromatic heterocycles. The van der Waals surface area contributed by atoms with Gasteiger partial charge in [0.2, 0.25) is 0 Å². The maximum absolute atomic E-state index is 11.6. The lowest BCUT2D eigenvalue weighted by molar-refractivity contribution is -0.143. The Bertz CT molecular complexity index is 431. The van der Waals surface area contributed by atoms with E-state index < -0.39 is 0 Å². The number of hydrogen-bond acceptors (Lipinski definition) is 4. The van der Waals surface area contributed by atoms with E-state index in [-0.39, 0.29) is 12.0 Å². The Morgan fingerprint density at radius 3 is 2.33 bits per heavy atom. The van der Waals surface area contributed by atoms with E-state index in [0.717, 1.165) is 26.1 Å². The summed E-state index contributed by atoms with van der Waals surface area (Å²) in [5.74, 6) is -0.196. The van der Waals surface area contributed by atoms with Crippen molar-refractivity contribution < 1.29 is 9.53 Å². The van der Waals surface area contributed by atoms with Crippen LogP contribution in [0.4, 0.5) is 0 Å². The summed E-state index contributed by atoms with van der Waals surface area (Å²) < 4.78 is 4.81. The molecule has 0 bridgehead atoms. The van der Waals surface area contributed by atoms with Crippen LogP contribution in [0.1, 0.15) is 38.3 Å². The van der Waals surface area contributed by atoms with E-state index in [1.165, 1.54) is 18.2 Å². The Labute approximate surface area is 128 Å². The van der Waals surface area contributed by atoms with Crippen molar-refractivity contribution in [2.24, 2.45) is 0 Å². The van der Waals surface area contributed by atoms with Gasteiger partial charge in [-0.1, -0.05) is 45.0 Å². The number of carbonyl (C=O) groups excluding carboxylic acids is 1. The third-order valence-electron chi connectivity index (χ3n) is 3.84. The van der Waals surface area contributed by atoms with Gasteiger partial charge in [0.15, 0.2) is 0 Å². The van der Waals surface area contributed by atoms with Gasteiger partial charge in [0, 0.05) is 13.1 Å². The van der Waals surface area contributed by atoms with Gasteiger partial charge in [-0.2, -0.15) is 0 Å². The molecule has 1 rings (SSSR count). The highest BCUT2D eigenvalue weighted by atomic mass is 16.5.